The lowest BCUT2D eigenvalue weighted by atomic mass is 10.2. The van der Waals surface area contributed by atoms with Crippen molar-refractivity contribution in [3.63, 3.8) is 0 Å². The number of nitrogens with zero attached hydrogens (tertiary/aromatic N) is 2. The van der Waals surface area contributed by atoms with Crippen LogP contribution in [0.4, 0.5) is 9.52 Å². The van der Waals surface area contributed by atoms with Crippen molar-refractivity contribution in [2.75, 3.05) is 18.9 Å². The Morgan fingerprint density at radius 2 is 2.21 bits per heavy atom. The predicted octanol–water partition coefficient (Wildman–Crippen LogP) is 3.35. The average Bonchev–Trinajstić information content (AvgIpc) is 2.77. The molecule has 0 atom stereocenters. The lowest BCUT2D eigenvalue weighted by molar-refractivity contribution is 0.321. The zero-order chi connectivity index (χ0) is 13.7. The van der Waals surface area contributed by atoms with Gasteiger partial charge in [0.1, 0.15) is 5.82 Å². The molecule has 0 radical (unpaired) electrons. The maximum atomic E-state index is 13.1. The molecule has 0 aliphatic rings. The smallest absolute Gasteiger partial charge is 0.182 e. The SMILES string of the molecule is CCNc1ncc(CN(C)Cc2cccc(F)c2)s1. The molecule has 0 aliphatic carbocycles. The van der Waals surface area contributed by atoms with Crippen LogP contribution in [0.15, 0.2) is 30.5 Å². The highest BCUT2D eigenvalue weighted by atomic mass is 32.1. The first-order valence-electron chi connectivity index (χ1n) is 6.29. The molecule has 19 heavy (non-hydrogen) atoms. The Morgan fingerprint density at radius 1 is 1.37 bits per heavy atom. The number of thiazole rings is 1. The fourth-order valence-corrected chi connectivity index (χ4v) is 2.84. The summed E-state index contributed by atoms with van der Waals surface area (Å²) in [4.78, 5) is 7.66. The van der Waals surface area contributed by atoms with Gasteiger partial charge in [-0.2, -0.15) is 0 Å². The van der Waals surface area contributed by atoms with Crippen LogP contribution in [-0.4, -0.2) is 23.5 Å². The molecule has 2 rings (SSSR count). The summed E-state index contributed by atoms with van der Waals surface area (Å²) in [6.07, 6.45) is 1.89. The summed E-state index contributed by atoms with van der Waals surface area (Å²) >= 11 is 1.66. The summed E-state index contributed by atoms with van der Waals surface area (Å²) in [5.74, 6) is -0.182. The van der Waals surface area contributed by atoms with Crippen LogP contribution in [0, 0.1) is 5.82 Å². The van der Waals surface area contributed by atoms with Gasteiger partial charge in [0.05, 0.1) is 0 Å². The van der Waals surface area contributed by atoms with Gasteiger partial charge in [-0.15, -0.1) is 11.3 Å². The van der Waals surface area contributed by atoms with Gasteiger partial charge >= 0.3 is 0 Å². The molecule has 3 nitrogen and oxygen atoms in total. The first-order chi connectivity index (χ1) is 9.17. The summed E-state index contributed by atoms with van der Waals surface area (Å²) < 4.78 is 13.1. The molecule has 1 aromatic heterocycles. The van der Waals surface area contributed by atoms with E-state index in [0.717, 1.165) is 30.3 Å². The second-order valence-electron chi connectivity index (χ2n) is 4.46. The third-order valence-corrected chi connectivity index (χ3v) is 3.59. The van der Waals surface area contributed by atoms with Crippen LogP contribution >= 0.6 is 11.3 Å². The maximum absolute atomic E-state index is 13.1. The van der Waals surface area contributed by atoms with E-state index in [1.165, 1.54) is 10.9 Å². The van der Waals surface area contributed by atoms with Crippen LogP contribution in [0.2, 0.25) is 0 Å². The summed E-state index contributed by atoms with van der Waals surface area (Å²) in [6, 6.07) is 6.73. The maximum Gasteiger partial charge on any atom is 0.182 e. The van der Waals surface area contributed by atoms with Gasteiger partial charge in [-0.3, -0.25) is 4.90 Å². The molecule has 1 N–H and O–H groups in total. The average molecular weight is 279 g/mol. The third kappa shape index (κ3) is 4.29. The summed E-state index contributed by atoms with van der Waals surface area (Å²) in [5, 5.41) is 4.15. The van der Waals surface area contributed by atoms with Crippen molar-refractivity contribution in [1.29, 1.82) is 0 Å². The zero-order valence-electron chi connectivity index (χ0n) is 11.2. The number of hydrogen-bond donors (Lipinski definition) is 1. The first-order valence-corrected chi connectivity index (χ1v) is 7.10. The summed E-state index contributed by atoms with van der Waals surface area (Å²) in [5.41, 5.74) is 0.985. The Balaban J connectivity index is 1.91. The van der Waals surface area contributed by atoms with Gasteiger partial charge in [0.15, 0.2) is 5.13 Å². The second-order valence-corrected chi connectivity index (χ2v) is 5.58. The Bertz CT molecular complexity index is 527. The van der Waals surface area contributed by atoms with E-state index in [1.54, 1.807) is 23.5 Å². The van der Waals surface area contributed by atoms with E-state index in [1.807, 2.05) is 19.3 Å². The Labute approximate surface area is 117 Å². The highest BCUT2D eigenvalue weighted by Gasteiger charge is 2.06. The Hall–Kier alpha value is -1.46. The number of benzene rings is 1. The minimum absolute atomic E-state index is 0.182. The van der Waals surface area contributed by atoms with Gasteiger partial charge in [0.2, 0.25) is 0 Å². The highest BCUT2D eigenvalue weighted by Crippen LogP contribution is 2.19. The standard InChI is InChI=1S/C14H18FN3S/c1-3-16-14-17-8-13(19-14)10-18(2)9-11-5-4-6-12(15)7-11/h4-8H,3,9-10H2,1-2H3,(H,16,17). The van der Waals surface area contributed by atoms with Crippen molar-refractivity contribution >= 4 is 16.5 Å². The fraction of sp³-hybridized carbons (Fsp3) is 0.357. The minimum atomic E-state index is -0.182. The van der Waals surface area contributed by atoms with E-state index < -0.39 is 0 Å². The van der Waals surface area contributed by atoms with E-state index in [2.05, 4.69) is 22.1 Å². The van der Waals surface area contributed by atoms with E-state index in [0.29, 0.717) is 0 Å². The van der Waals surface area contributed by atoms with Gasteiger partial charge in [-0.1, -0.05) is 12.1 Å². The van der Waals surface area contributed by atoms with E-state index >= 15 is 0 Å². The first kappa shape index (κ1) is 14.0. The molecule has 0 unspecified atom stereocenters. The van der Waals surface area contributed by atoms with Gasteiger partial charge in [0.25, 0.3) is 0 Å². The van der Waals surface area contributed by atoms with Crippen molar-refractivity contribution in [3.05, 3.63) is 46.7 Å². The molecule has 2 aromatic rings. The second kappa shape index (κ2) is 6.63. The number of halogens is 1. The van der Waals surface area contributed by atoms with Gasteiger partial charge in [-0.25, -0.2) is 9.37 Å². The number of aromatic nitrogens is 1. The molecule has 0 fully saturated rings. The fourth-order valence-electron chi connectivity index (χ4n) is 1.88. The van der Waals surface area contributed by atoms with Crippen LogP contribution < -0.4 is 5.32 Å². The number of rotatable bonds is 6. The van der Waals surface area contributed by atoms with Crippen LogP contribution in [0.1, 0.15) is 17.4 Å². The Kier molecular flexibility index (Phi) is 4.87. The highest BCUT2D eigenvalue weighted by molar-refractivity contribution is 7.15. The molecular formula is C14H18FN3S. The minimum Gasteiger partial charge on any atom is -0.362 e. The van der Waals surface area contributed by atoms with Gasteiger partial charge < -0.3 is 5.32 Å². The lowest BCUT2D eigenvalue weighted by Gasteiger charge is -2.15. The Morgan fingerprint density at radius 3 is 2.95 bits per heavy atom. The van der Waals surface area contributed by atoms with Crippen LogP contribution in [-0.2, 0) is 13.1 Å². The molecule has 102 valence electrons. The molecule has 0 saturated carbocycles. The molecule has 1 aromatic carbocycles. The van der Waals surface area contributed by atoms with Crippen molar-refractivity contribution in [2.24, 2.45) is 0 Å². The molecule has 0 aliphatic heterocycles. The van der Waals surface area contributed by atoms with Crippen LogP contribution in [0.25, 0.3) is 0 Å². The monoisotopic (exact) mass is 279 g/mol. The molecule has 1 heterocycles. The molecule has 5 heteroatoms. The molecular weight excluding hydrogens is 261 g/mol. The number of nitrogens with one attached hydrogen (secondary N) is 1. The van der Waals surface area contributed by atoms with Crippen LogP contribution in [0.5, 0.6) is 0 Å². The quantitative estimate of drug-likeness (QED) is 0.879. The van der Waals surface area contributed by atoms with Crippen LogP contribution in [0.3, 0.4) is 0 Å². The molecule has 0 spiro atoms. The van der Waals surface area contributed by atoms with Crippen molar-refractivity contribution in [1.82, 2.24) is 9.88 Å². The lowest BCUT2D eigenvalue weighted by Crippen LogP contribution is -2.16. The van der Waals surface area contributed by atoms with Gasteiger partial charge in [0, 0.05) is 30.7 Å². The normalized spacial score (nSPS) is 10.9. The van der Waals surface area contributed by atoms with E-state index in [9.17, 15) is 4.39 Å². The molecule has 0 amide bonds. The van der Waals surface area contributed by atoms with E-state index in [4.69, 9.17) is 0 Å². The van der Waals surface area contributed by atoms with Crippen molar-refractivity contribution in [3.8, 4) is 0 Å². The van der Waals surface area contributed by atoms with Gasteiger partial charge in [-0.05, 0) is 31.7 Å². The molecule has 0 saturated heterocycles. The summed E-state index contributed by atoms with van der Waals surface area (Å²) in [6.45, 7) is 4.48. The number of hydrogen-bond acceptors (Lipinski definition) is 4. The summed E-state index contributed by atoms with van der Waals surface area (Å²) in [7, 11) is 2.03. The van der Waals surface area contributed by atoms with Crippen molar-refractivity contribution in [2.45, 2.75) is 20.0 Å². The van der Waals surface area contributed by atoms with Crippen molar-refractivity contribution < 1.29 is 4.39 Å². The topological polar surface area (TPSA) is 28.2 Å². The predicted molar refractivity (Wildman–Crippen MR) is 77.8 cm³/mol. The number of anilines is 1. The zero-order valence-corrected chi connectivity index (χ0v) is 12.0. The third-order valence-electron chi connectivity index (χ3n) is 2.65. The molecule has 0 bridgehead atoms. The van der Waals surface area contributed by atoms with E-state index in [-0.39, 0.29) is 5.82 Å². The largest absolute Gasteiger partial charge is 0.362 e.